The third-order valence-electron chi connectivity index (χ3n) is 11.5. The number of rotatable bonds is 5. The molecule has 0 bridgehead atoms. The molecule has 0 radical (unpaired) electrons. The van der Waals surface area contributed by atoms with Crippen LogP contribution < -0.4 is 0 Å². The first-order valence-corrected chi connectivity index (χ1v) is 19.8. The van der Waals surface area contributed by atoms with Gasteiger partial charge in [-0.25, -0.2) is 19.9 Å². The van der Waals surface area contributed by atoms with E-state index < -0.39 is 0 Å². The molecule has 2 heterocycles. The second-order valence-corrected chi connectivity index (χ2v) is 15.0. The molecule has 0 unspecified atom stereocenters. The third kappa shape index (κ3) is 5.47. The van der Waals surface area contributed by atoms with Crippen molar-refractivity contribution in [2.45, 2.75) is 0 Å². The molecule has 2 aromatic heterocycles. The molecule has 0 atom stereocenters. The Bertz CT molecular complexity index is 3610. The van der Waals surface area contributed by atoms with Gasteiger partial charge in [-0.2, -0.15) is 0 Å². The predicted octanol–water partition coefficient (Wildman–Crippen LogP) is 14.1. The number of nitrogens with zero attached hydrogens (tertiary/aromatic N) is 4. The summed E-state index contributed by atoms with van der Waals surface area (Å²) < 4.78 is 6.69. The van der Waals surface area contributed by atoms with E-state index in [2.05, 4.69) is 158 Å². The minimum atomic E-state index is 0.596. The molecule has 0 spiro atoms. The van der Waals surface area contributed by atoms with Gasteiger partial charge in [0, 0.05) is 33.0 Å². The highest BCUT2D eigenvalue weighted by Crippen LogP contribution is 2.43. The van der Waals surface area contributed by atoms with Crippen molar-refractivity contribution in [1.82, 2.24) is 19.9 Å². The molecule has 274 valence electrons. The van der Waals surface area contributed by atoms with Crippen LogP contribution in [0.3, 0.4) is 0 Å². The van der Waals surface area contributed by atoms with Crippen molar-refractivity contribution in [2.24, 2.45) is 0 Å². The number of oxazole rings is 1. The zero-order valence-electron chi connectivity index (χ0n) is 31.7. The average molecular weight is 753 g/mol. The maximum absolute atomic E-state index is 6.69. The van der Waals surface area contributed by atoms with Crippen LogP contribution in [0.5, 0.6) is 0 Å². The van der Waals surface area contributed by atoms with E-state index in [1.807, 2.05) is 36.4 Å². The lowest BCUT2D eigenvalue weighted by Crippen LogP contribution is -2.01. The van der Waals surface area contributed by atoms with Gasteiger partial charge in [-0.05, 0) is 90.6 Å². The molecule has 0 aliphatic carbocycles. The topological polar surface area (TPSA) is 64.7 Å². The molecule has 0 aliphatic heterocycles. The number of hydrogen-bond acceptors (Lipinski definition) is 5. The Hall–Kier alpha value is -8.02. The number of fused-ring (bicyclic) bond motifs is 9. The number of aromatic nitrogens is 4. The highest BCUT2D eigenvalue weighted by atomic mass is 16.3. The van der Waals surface area contributed by atoms with Crippen LogP contribution in [0.15, 0.2) is 199 Å². The molecule has 5 heteroatoms. The van der Waals surface area contributed by atoms with Crippen LogP contribution in [0.1, 0.15) is 0 Å². The standard InChI is InChI=1S/C54H32N4O/c1-3-14-34(15-4-1)40-28-29-45(43-22-12-11-21-42(40)43)52-56-51(39-24-23-33-13-7-8-18-37(33)31-39)57-53(58-52)46-32-38-19-9-10-20-41(38)49-44(46)27-25-35-26-30-47-50(48(35)49)59-54(55-47)36-16-5-2-6-17-36/h1-32H. The molecule has 5 nitrogen and oxygen atoms in total. The van der Waals surface area contributed by atoms with E-state index in [9.17, 15) is 0 Å². The molecule has 0 N–H and O–H groups in total. The van der Waals surface area contributed by atoms with Crippen molar-refractivity contribution in [1.29, 1.82) is 0 Å². The van der Waals surface area contributed by atoms with Gasteiger partial charge in [0.25, 0.3) is 0 Å². The van der Waals surface area contributed by atoms with Gasteiger partial charge in [-0.1, -0.05) is 158 Å². The summed E-state index contributed by atoms with van der Waals surface area (Å²) in [6, 6.07) is 67.6. The first-order chi connectivity index (χ1) is 29.2. The Labute approximate surface area is 338 Å². The summed E-state index contributed by atoms with van der Waals surface area (Å²) in [5.74, 6) is 2.41. The lowest BCUT2D eigenvalue weighted by Gasteiger charge is -2.15. The van der Waals surface area contributed by atoms with Crippen LogP contribution in [0, 0.1) is 0 Å². The smallest absolute Gasteiger partial charge is 0.227 e. The second-order valence-electron chi connectivity index (χ2n) is 15.0. The summed E-state index contributed by atoms with van der Waals surface area (Å²) in [6.07, 6.45) is 0. The normalized spacial score (nSPS) is 11.7. The molecule has 0 fully saturated rings. The summed E-state index contributed by atoms with van der Waals surface area (Å²) in [4.78, 5) is 21.0. The molecule has 10 aromatic carbocycles. The second kappa shape index (κ2) is 13.3. The Morgan fingerprint density at radius 2 is 0.898 bits per heavy atom. The summed E-state index contributed by atoms with van der Waals surface area (Å²) in [7, 11) is 0. The minimum absolute atomic E-state index is 0.596. The summed E-state index contributed by atoms with van der Waals surface area (Å²) in [5.41, 5.74) is 7.61. The maximum atomic E-state index is 6.69. The molecule has 0 saturated heterocycles. The van der Waals surface area contributed by atoms with Crippen LogP contribution in [-0.2, 0) is 0 Å². The van der Waals surface area contributed by atoms with Gasteiger partial charge < -0.3 is 4.42 Å². The van der Waals surface area contributed by atoms with Crippen molar-refractivity contribution >= 4 is 65.0 Å². The van der Waals surface area contributed by atoms with Crippen molar-refractivity contribution in [2.75, 3.05) is 0 Å². The zero-order chi connectivity index (χ0) is 38.9. The number of benzene rings is 10. The van der Waals surface area contributed by atoms with E-state index in [1.54, 1.807) is 0 Å². The first-order valence-electron chi connectivity index (χ1n) is 19.8. The summed E-state index contributed by atoms with van der Waals surface area (Å²) in [5, 5.41) is 10.9. The minimum Gasteiger partial charge on any atom is -0.435 e. The van der Waals surface area contributed by atoms with Gasteiger partial charge in [0.2, 0.25) is 5.89 Å². The molecule has 12 aromatic rings. The van der Waals surface area contributed by atoms with Crippen LogP contribution in [0.25, 0.3) is 122 Å². The Morgan fingerprint density at radius 1 is 0.305 bits per heavy atom. The Morgan fingerprint density at radius 3 is 1.69 bits per heavy atom. The van der Waals surface area contributed by atoms with E-state index >= 15 is 0 Å². The van der Waals surface area contributed by atoms with Gasteiger partial charge in [0.05, 0.1) is 0 Å². The molecular formula is C54H32N4O. The van der Waals surface area contributed by atoms with E-state index in [1.165, 1.54) is 0 Å². The molecule has 59 heavy (non-hydrogen) atoms. The SMILES string of the molecule is c1ccc(-c2nc3ccc4ccc5c(-c6nc(-c7ccc8ccccc8c7)nc(-c7ccc(-c8ccccc8)c8ccccc78)n6)cc6ccccc6c5c4c3o2)cc1. The van der Waals surface area contributed by atoms with Gasteiger partial charge in [0.1, 0.15) is 5.52 Å². The average Bonchev–Trinajstić information content (AvgIpc) is 3.76. The molecule has 0 amide bonds. The van der Waals surface area contributed by atoms with Gasteiger partial charge >= 0.3 is 0 Å². The van der Waals surface area contributed by atoms with Crippen molar-refractivity contribution in [3.05, 3.63) is 194 Å². The highest BCUT2D eigenvalue weighted by Gasteiger charge is 2.21. The van der Waals surface area contributed by atoms with Gasteiger partial charge in [-0.15, -0.1) is 0 Å². The molecule has 12 rings (SSSR count). The summed E-state index contributed by atoms with van der Waals surface area (Å²) in [6.45, 7) is 0. The largest absolute Gasteiger partial charge is 0.435 e. The lowest BCUT2D eigenvalue weighted by molar-refractivity contribution is 0.623. The maximum Gasteiger partial charge on any atom is 0.227 e. The van der Waals surface area contributed by atoms with E-state index in [4.69, 9.17) is 24.4 Å². The van der Waals surface area contributed by atoms with Crippen molar-refractivity contribution < 1.29 is 4.42 Å². The van der Waals surface area contributed by atoms with Crippen molar-refractivity contribution in [3.63, 3.8) is 0 Å². The monoisotopic (exact) mass is 752 g/mol. The van der Waals surface area contributed by atoms with Crippen LogP contribution in [0.2, 0.25) is 0 Å². The fraction of sp³-hybridized carbons (Fsp3) is 0. The Kier molecular flexibility index (Phi) is 7.47. The number of hydrogen-bond donors (Lipinski definition) is 0. The fourth-order valence-electron chi connectivity index (χ4n) is 8.71. The molecular weight excluding hydrogens is 721 g/mol. The quantitative estimate of drug-likeness (QED) is 0.164. The fourth-order valence-corrected chi connectivity index (χ4v) is 8.71. The molecule has 0 saturated carbocycles. The zero-order valence-corrected chi connectivity index (χ0v) is 31.7. The van der Waals surface area contributed by atoms with E-state index in [0.717, 1.165) is 98.3 Å². The first kappa shape index (κ1) is 33.2. The van der Waals surface area contributed by atoms with E-state index in [0.29, 0.717) is 23.4 Å². The lowest BCUT2D eigenvalue weighted by atomic mass is 9.92. The van der Waals surface area contributed by atoms with Crippen LogP contribution in [0.4, 0.5) is 0 Å². The molecule has 0 aliphatic rings. The summed E-state index contributed by atoms with van der Waals surface area (Å²) >= 11 is 0. The van der Waals surface area contributed by atoms with Crippen LogP contribution in [-0.4, -0.2) is 19.9 Å². The van der Waals surface area contributed by atoms with Crippen molar-refractivity contribution in [3.8, 4) is 56.7 Å². The highest BCUT2D eigenvalue weighted by molar-refractivity contribution is 6.28. The van der Waals surface area contributed by atoms with Gasteiger partial charge in [-0.3, -0.25) is 0 Å². The van der Waals surface area contributed by atoms with E-state index in [-0.39, 0.29) is 0 Å². The van der Waals surface area contributed by atoms with Gasteiger partial charge in [0.15, 0.2) is 23.1 Å². The predicted molar refractivity (Wildman–Crippen MR) is 242 cm³/mol. The third-order valence-corrected chi connectivity index (χ3v) is 11.5. The Balaban J connectivity index is 1.15. The van der Waals surface area contributed by atoms with Crippen LogP contribution >= 0.6 is 0 Å².